The number of methoxy groups -OCH3 is 2. The quantitative estimate of drug-likeness (QED) is 0.415. The predicted molar refractivity (Wildman–Crippen MR) is 124 cm³/mol. The minimum atomic E-state index is -0.0957. The fraction of sp³-hybridized carbons (Fsp3) is 0.160. The van der Waals surface area contributed by atoms with Crippen molar-refractivity contribution in [2.75, 3.05) is 19.5 Å². The molecular formula is C25H23ClN2O3. The van der Waals surface area contributed by atoms with Gasteiger partial charge in [-0.15, -0.1) is 0 Å². The first-order valence-electron chi connectivity index (χ1n) is 9.90. The molecule has 5 nitrogen and oxygen atoms in total. The molecule has 0 aliphatic carbocycles. The number of nitrogens with zero attached hydrogens (tertiary/aromatic N) is 1. The molecule has 1 aromatic heterocycles. The fourth-order valence-electron chi connectivity index (χ4n) is 3.67. The van der Waals surface area contributed by atoms with Crippen LogP contribution in [0.3, 0.4) is 0 Å². The number of ether oxygens (including phenoxy) is 2. The van der Waals surface area contributed by atoms with Crippen molar-refractivity contribution in [1.82, 2.24) is 4.57 Å². The van der Waals surface area contributed by atoms with Gasteiger partial charge in [-0.25, -0.2) is 0 Å². The summed E-state index contributed by atoms with van der Waals surface area (Å²) in [4.78, 5) is 12.8. The molecule has 1 N–H and O–H groups in total. The maximum absolute atomic E-state index is 12.8. The Morgan fingerprint density at radius 1 is 0.968 bits per heavy atom. The number of hydrogen-bond acceptors (Lipinski definition) is 3. The summed E-state index contributed by atoms with van der Waals surface area (Å²) in [6.07, 6.45) is 2.32. The zero-order valence-corrected chi connectivity index (χ0v) is 18.1. The number of aromatic nitrogens is 1. The van der Waals surface area contributed by atoms with E-state index in [0.29, 0.717) is 28.8 Å². The molecule has 1 amide bonds. The van der Waals surface area contributed by atoms with E-state index >= 15 is 0 Å². The first kappa shape index (κ1) is 20.8. The van der Waals surface area contributed by atoms with E-state index < -0.39 is 0 Å². The molecule has 0 aliphatic rings. The number of carbonyl (C=O) groups excluding carboxylic acids is 1. The SMILES string of the molecule is COc1ccc(NC(=O)Cc2cn(Cc3ccc(Cl)cc3)c3ccccc23)cc1OC. The lowest BCUT2D eigenvalue weighted by Gasteiger charge is -2.10. The van der Waals surface area contributed by atoms with Crippen molar-refractivity contribution in [2.45, 2.75) is 13.0 Å². The first-order valence-corrected chi connectivity index (χ1v) is 10.3. The lowest BCUT2D eigenvalue weighted by molar-refractivity contribution is -0.115. The number of benzene rings is 3. The summed E-state index contributed by atoms with van der Waals surface area (Å²) in [7, 11) is 3.15. The van der Waals surface area contributed by atoms with Gasteiger partial charge in [-0.3, -0.25) is 4.79 Å². The van der Waals surface area contributed by atoms with E-state index in [1.165, 1.54) is 0 Å². The van der Waals surface area contributed by atoms with E-state index in [1.807, 2.05) is 48.7 Å². The average Bonchev–Trinajstić information content (AvgIpc) is 3.12. The molecule has 0 saturated heterocycles. The topological polar surface area (TPSA) is 52.5 Å². The highest BCUT2D eigenvalue weighted by Crippen LogP contribution is 2.30. The van der Waals surface area contributed by atoms with E-state index in [2.05, 4.69) is 16.0 Å². The third-order valence-corrected chi connectivity index (χ3v) is 5.41. The van der Waals surface area contributed by atoms with E-state index in [-0.39, 0.29) is 12.3 Å². The van der Waals surface area contributed by atoms with Gasteiger partial charge in [0.15, 0.2) is 11.5 Å². The van der Waals surface area contributed by atoms with Crippen LogP contribution in [0.2, 0.25) is 5.02 Å². The molecule has 4 aromatic rings. The summed E-state index contributed by atoms with van der Waals surface area (Å²) >= 11 is 6.01. The van der Waals surface area contributed by atoms with Crippen LogP contribution in [0.4, 0.5) is 5.69 Å². The standard InChI is InChI=1S/C25H23ClN2O3/c1-30-23-12-11-20(14-24(23)31-2)27-25(29)13-18-16-28(22-6-4-3-5-21(18)22)15-17-7-9-19(26)10-8-17/h3-12,14,16H,13,15H2,1-2H3,(H,27,29). The second kappa shape index (κ2) is 9.14. The van der Waals surface area contributed by atoms with Gasteiger partial charge < -0.3 is 19.4 Å². The minimum absolute atomic E-state index is 0.0957. The maximum Gasteiger partial charge on any atom is 0.228 e. The number of halogens is 1. The monoisotopic (exact) mass is 434 g/mol. The average molecular weight is 435 g/mol. The van der Waals surface area contributed by atoms with Crippen molar-refractivity contribution in [1.29, 1.82) is 0 Å². The van der Waals surface area contributed by atoms with Crippen LogP contribution in [0.1, 0.15) is 11.1 Å². The van der Waals surface area contributed by atoms with Crippen LogP contribution < -0.4 is 14.8 Å². The highest BCUT2D eigenvalue weighted by atomic mass is 35.5. The smallest absolute Gasteiger partial charge is 0.228 e. The highest BCUT2D eigenvalue weighted by molar-refractivity contribution is 6.30. The molecule has 0 atom stereocenters. The Kier molecular flexibility index (Phi) is 6.14. The maximum atomic E-state index is 12.8. The number of anilines is 1. The fourth-order valence-corrected chi connectivity index (χ4v) is 3.80. The lowest BCUT2D eigenvalue weighted by atomic mass is 10.1. The number of nitrogens with one attached hydrogen (secondary N) is 1. The Hall–Kier alpha value is -3.44. The van der Waals surface area contributed by atoms with Crippen molar-refractivity contribution in [3.05, 3.63) is 89.1 Å². The Balaban J connectivity index is 1.55. The molecule has 0 aliphatic heterocycles. The third kappa shape index (κ3) is 4.67. The number of hydrogen-bond donors (Lipinski definition) is 1. The molecule has 3 aromatic carbocycles. The second-order valence-corrected chi connectivity index (χ2v) is 7.66. The number of amides is 1. The van der Waals surface area contributed by atoms with Gasteiger partial charge in [-0.2, -0.15) is 0 Å². The summed E-state index contributed by atoms with van der Waals surface area (Å²) in [6.45, 7) is 0.703. The van der Waals surface area contributed by atoms with Gasteiger partial charge in [-0.05, 0) is 41.5 Å². The first-order chi connectivity index (χ1) is 15.1. The van der Waals surface area contributed by atoms with Crippen LogP contribution in [0, 0.1) is 0 Å². The van der Waals surface area contributed by atoms with Crippen molar-refractivity contribution in [3.8, 4) is 11.5 Å². The number of fused-ring (bicyclic) bond motifs is 1. The molecule has 0 saturated carbocycles. The largest absolute Gasteiger partial charge is 0.493 e. The molecule has 0 bridgehead atoms. The molecule has 0 spiro atoms. The van der Waals surface area contributed by atoms with Crippen molar-refractivity contribution >= 4 is 34.1 Å². The molecule has 4 rings (SSSR count). The third-order valence-electron chi connectivity index (χ3n) is 5.16. The molecule has 0 fully saturated rings. The molecule has 6 heteroatoms. The summed E-state index contributed by atoms with van der Waals surface area (Å²) < 4.78 is 12.7. The van der Waals surface area contributed by atoms with Gasteiger partial charge in [0.25, 0.3) is 0 Å². The normalized spacial score (nSPS) is 10.8. The van der Waals surface area contributed by atoms with Crippen LogP contribution >= 0.6 is 11.6 Å². The van der Waals surface area contributed by atoms with E-state index in [4.69, 9.17) is 21.1 Å². The van der Waals surface area contributed by atoms with Gasteiger partial charge >= 0.3 is 0 Å². The van der Waals surface area contributed by atoms with Crippen LogP contribution in [0.15, 0.2) is 72.9 Å². The Morgan fingerprint density at radius 3 is 2.45 bits per heavy atom. The van der Waals surface area contributed by atoms with Gasteiger partial charge in [0.05, 0.1) is 20.6 Å². The van der Waals surface area contributed by atoms with E-state index in [9.17, 15) is 4.79 Å². The van der Waals surface area contributed by atoms with Crippen LogP contribution in [-0.2, 0) is 17.8 Å². The van der Waals surface area contributed by atoms with Gasteiger partial charge in [0.1, 0.15) is 0 Å². The van der Waals surface area contributed by atoms with Gasteiger partial charge in [0, 0.05) is 40.4 Å². The van der Waals surface area contributed by atoms with E-state index in [1.54, 1.807) is 32.4 Å². The van der Waals surface area contributed by atoms with E-state index in [0.717, 1.165) is 22.0 Å². The molecule has 158 valence electrons. The van der Waals surface area contributed by atoms with Crippen LogP contribution in [0.5, 0.6) is 11.5 Å². The molecular weight excluding hydrogens is 412 g/mol. The van der Waals surface area contributed by atoms with Crippen molar-refractivity contribution < 1.29 is 14.3 Å². The summed E-state index contributed by atoms with van der Waals surface area (Å²) in [5.74, 6) is 1.09. The molecule has 31 heavy (non-hydrogen) atoms. The molecule has 0 radical (unpaired) electrons. The predicted octanol–water partition coefficient (Wildman–Crippen LogP) is 5.54. The summed E-state index contributed by atoms with van der Waals surface area (Å²) in [6, 6.07) is 21.2. The number of para-hydroxylation sites is 1. The highest BCUT2D eigenvalue weighted by Gasteiger charge is 2.13. The van der Waals surface area contributed by atoms with Crippen LogP contribution in [0.25, 0.3) is 10.9 Å². The van der Waals surface area contributed by atoms with Gasteiger partial charge in [0.2, 0.25) is 5.91 Å². The van der Waals surface area contributed by atoms with Crippen molar-refractivity contribution in [2.24, 2.45) is 0 Å². The Morgan fingerprint density at radius 2 is 1.71 bits per heavy atom. The summed E-state index contributed by atoms with van der Waals surface area (Å²) in [5.41, 5.74) is 3.87. The Labute approximate surface area is 186 Å². The zero-order chi connectivity index (χ0) is 21.8. The second-order valence-electron chi connectivity index (χ2n) is 7.22. The molecule has 1 heterocycles. The number of rotatable bonds is 7. The Bertz CT molecular complexity index is 1220. The lowest BCUT2D eigenvalue weighted by Crippen LogP contribution is -2.14. The minimum Gasteiger partial charge on any atom is -0.493 e. The van der Waals surface area contributed by atoms with Crippen LogP contribution in [-0.4, -0.2) is 24.7 Å². The zero-order valence-electron chi connectivity index (χ0n) is 17.4. The molecule has 0 unspecified atom stereocenters. The number of carbonyl (C=O) groups is 1. The van der Waals surface area contributed by atoms with Crippen molar-refractivity contribution in [3.63, 3.8) is 0 Å². The van der Waals surface area contributed by atoms with Gasteiger partial charge in [-0.1, -0.05) is 41.9 Å². The summed E-state index contributed by atoms with van der Waals surface area (Å²) in [5, 5.41) is 4.73.